The Bertz CT molecular complexity index is 65.8. The Kier molecular flexibility index (Phi) is 3.82. The average molecular weight is 130 g/mol. The van der Waals surface area contributed by atoms with Gasteiger partial charge in [-0.3, -0.25) is 0 Å². The highest BCUT2D eigenvalue weighted by atomic mass is 16.3. The van der Waals surface area contributed by atoms with E-state index in [2.05, 4.69) is 0 Å². The van der Waals surface area contributed by atoms with E-state index >= 15 is 0 Å². The molecule has 0 heterocycles. The summed E-state index contributed by atoms with van der Waals surface area (Å²) in [6.07, 6.45) is 3.74. The molecule has 9 heavy (non-hydrogen) atoms. The summed E-state index contributed by atoms with van der Waals surface area (Å²) in [7, 11) is 0. The molecular weight excluding hydrogens is 114 g/mol. The van der Waals surface area contributed by atoms with Crippen molar-refractivity contribution in [3.8, 4) is 0 Å². The Morgan fingerprint density at radius 1 is 1.56 bits per heavy atom. The van der Waals surface area contributed by atoms with Crippen molar-refractivity contribution in [2.75, 3.05) is 6.54 Å². The van der Waals surface area contributed by atoms with Crippen LogP contribution < -0.4 is 5.73 Å². The van der Waals surface area contributed by atoms with Gasteiger partial charge in [0.25, 0.3) is 0 Å². The van der Waals surface area contributed by atoms with Gasteiger partial charge in [-0.2, -0.15) is 0 Å². The number of rotatable bonds is 4. The first-order chi connectivity index (χ1) is 4.06. The Balaban J connectivity index is 3.07. The molecule has 0 spiro atoms. The van der Waals surface area contributed by atoms with Crippen molar-refractivity contribution in [2.24, 2.45) is 5.73 Å². The number of unbranched alkanes of at least 4 members (excludes halogenated alkanes) is 1. The van der Waals surface area contributed by atoms with Crippen LogP contribution in [0.5, 0.6) is 0 Å². The molecule has 0 saturated heterocycles. The lowest BCUT2D eigenvalue weighted by atomic mass is 10.0. The summed E-state index contributed by atoms with van der Waals surface area (Å²) in [4.78, 5) is 0. The molecule has 1 radical (unpaired) electrons. The summed E-state index contributed by atoms with van der Waals surface area (Å²) >= 11 is 0. The quantitative estimate of drug-likeness (QED) is 0.550. The van der Waals surface area contributed by atoms with Gasteiger partial charge in [0.1, 0.15) is 0 Å². The van der Waals surface area contributed by atoms with E-state index in [0.717, 1.165) is 12.8 Å². The molecule has 0 aromatic heterocycles. The van der Waals surface area contributed by atoms with Crippen molar-refractivity contribution in [1.82, 2.24) is 0 Å². The number of aliphatic hydroxyl groups is 1. The molecule has 2 nitrogen and oxygen atoms in total. The first kappa shape index (κ1) is 8.92. The van der Waals surface area contributed by atoms with Crippen molar-refractivity contribution in [3.63, 3.8) is 0 Å². The average Bonchev–Trinajstić information content (AvgIpc) is 1.63. The van der Waals surface area contributed by atoms with E-state index in [9.17, 15) is 0 Å². The first-order valence-electron chi connectivity index (χ1n) is 3.33. The molecule has 0 amide bonds. The second-order valence-corrected chi connectivity index (χ2v) is 2.79. The maximum absolute atomic E-state index is 9.15. The molecule has 0 unspecified atom stereocenters. The number of nitrogens with two attached hydrogens (primary N) is 1. The molecule has 0 aliphatic carbocycles. The lowest BCUT2D eigenvalue weighted by molar-refractivity contribution is 0.111. The van der Waals surface area contributed by atoms with E-state index in [4.69, 9.17) is 10.8 Å². The minimum absolute atomic E-state index is 0.630. The van der Waals surface area contributed by atoms with Crippen molar-refractivity contribution in [1.29, 1.82) is 0 Å². The van der Waals surface area contributed by atoms with Gasteiger partial charge in [-0.25, -0.2) is 0 Å². The van der Waals surface area contributed by atoms with Gasteiger partial charge in [-0.1, -0.05) is 0 Å². The standard InChI is InChI=1S/C7H16NO/c1-7(2,9)5-3-4-6-8/h5,9H,3-4,6,8H2,1-2H3. The predicted octanol–water partition coefficient (Wildman–Crippen LogP) is 0.700. The van der Waals surface area contributed by atoms with E-state index in [1.165, 1.54) is 0 Å². The van der Waals surface area contributed by atoms with Crippen LogP contribution in [-0.2, 0) is 0 Å². The minimum Gasteiger partial charge on any atom is -0.390 e. The SMILES string of the molecule is CC(C)(O)[CH]CCCN. The summed E-state index contributed by atoms with van der Waals surface area (Å²) in [5, 5.41) is 9.15. The van der Waals surface area contributed by atoms with Crippen molar-refractivity contribution in [2.45, 2.75) is 32.3 Å². The topological polar surface area (TPSA) is 46.2 Å². The normalized spacial score (nSPS) is 12.0. The Hall–Kier alpha value is -0.0800. The van der Waals surface area contributed by atoms with E-state index < -0.39 is 5.60 Å². The maximum Gasteiger partial charge on any atom is 0.0623 e. The fourth-order valence-electron chi connectivity index (χ4n) is 0.573. The van der Waals surface area contributed by atoms with Gasteiger partial charge in [0.05, 0.1) is 5.60 Å². The molecule has 0 bridgehead atoms. The fourth-order valence-corrected chi connectivity index (χ4v) is 0.573. The van der Waals surface area contributed by atoms with Crippen LogP contribution in [0.1, 0.15) is 26.7 Å². The van der Waals surface area contributed by atoms with Gasteiger partial charge in [0.2, 0.25) is 0 Å². The van der Waals surface area contributed by atoms with Crippen LogP contribution in [0.15, 0.2) is 0 Å². The molecule has 0 fully saturated rings. The molecule has 0 rings (SSSR count). The molecule has 0 aliphatic rings. The monoisotopic (exact) mass is 130 g/mol. The highest BCUT2D eigenvalue weighted by Crippen LogP contribution is 2.09. The van der Waals surface area contributed by atoms with Crippen LogP contribution >= 0.6 is 0 Å². The van der Waals surface area contributed by atoms with Crippen LogP contribution in [0.2, 0.25) is 0 Å². The van der Waals surface area contributed by atoms with Gasteiger partial charge in [-0.15, -0.1) is 0 Å². The van der Waals surface area contributed by atoms with Crippen LogP contribution in [0.25, 0.3) is 0 Å². The smallest absolute Gasteiger partial charge is 0.0623 e. The van der Waals surface area contributed by atoms with E-state index in [-0.39, 0.29) is 0 Å². The van der Waals surface area contributed by atoms with Gasteiger partial charge in [-0.05, 0) is 39.7 Å². The molecule has 0 atom stereocenters. The second kappa shape index (κ2) is 3.85. The summed E-state index contributed by atoms with van der Waals surface area (Å²) in [5.74, 6) is 0. The summed E-state index contributed by atoms with van der Waals surface area (Å²) in [6.45, 7) is 4.24. The fraction of sp³-hybridized carbons (Fsp3) is 0.857. The lowest BCUT2D eigenvalue weighted by Crippen LogP contribution is -2.19. The highest BCUT2D eigenvalue weighted by Gasteiger charge is 2.10. The van der Waals surface area contributed by atoms with E-state index in [1.54, 1.807) is 13.8 Å². The first-order valence-corrected chi connectivity index (χ1v) is 3.33. The number of hydrogen-bond donors (Lipinski definition) is 2. The minimum atomic E-state index is -0.630. The van der Waals surface area contributed by atoms with Crippen LogP contribution in [-0.4, -0.2) is 17.3 Å². The lowest BCUT2D eigenvalue weighted by Gasteiger charge is -2.15. The largest absolute Gasteiger partial charge is 0.390 e. The molecule has 0 aromatic rings. The molecule has 3 N–H and O–H groups in total. The molecule has 0 aliphatic heterocycles. The van der Waals surface area contributed by atoms with Crippen molar-refractivity contribution in [3.05, 3.63) is 6.42 Å². The summed E-state index contributed by atoms with van der Waals surface area (Å²) in [5.41, 5.74) is 4.63. The van der Waals surface area contributed by atoms with E-state index in [1.807, 2.05) is 6.42 Å². The molecular formula is C7H16NO. The predicted molar refractivity (Wildman–Crippen MR) is 38.9 cm³/mol. The summed E-state index contributed by atoms with van der Waals surface area (Å²) in [6, 6.07) is 0. The third-order valence-corrected chi connectivity index (χ3v) is 1.05. The second-order valence-electron chi connectivity index (χ2n) is 2.79. The van der Waals surface area contributed by atoms with Gasteiger partial charge in [0.15, 0.2) is 0 Å². The van der Waals surface area contributed by atoms with Gasteiger partial charge >= 0.3 is 0 Å². The van der Waals surface area contributed by atoms with Crippen molar-refractivity contribution >= 4 is 0 Å². The molecule has 0 aromatic carbocycles. The summed E-state index contributed by atoms with van der Waals surface area (Å²) < 4.78 is 0. The van der Waals surface area contributed by atoms with Gasteiger partial charge in [0, 0.05) is 0 Å². The van der Waals surface area contributed by atoms with Crippen molar-refractivity contribution < 1.29 is 5.11 Å². The zero-order valence-corrected chi connectivity index (χ0v) is 6.22. The van der Waals surface area contributed by atoms with Crippen LogP contribution in [0.3, 0.4) is 0 Å². The Morgan fingerprint density at radius 2 is 2.11 bits per heavy atom. The zero-order valence-electron chi connectivity index (χ0n) is 6.22. The van der Waals surface area contributed by atoms with E-state index in [0.29, 0.717) is 6.54 Å². The molecule has 55 valence electrons. The molecule has 0 saturated carbocycles. The van der Waals surface area contributed by atoms with Crippen LogP contribution in [0.4, 0.5) is 0 Å². The third kappa shape index (κ3) is 7.92. The zero-order chi connectivity index (χ0) is 7.33. The van der Waals surface area contributed by atoms with Crippen LogP contribution in [0, 0.1) is 6.42 Å². The highest BCUT2D eigenvalue weighted by molar-refractivity contribution is 4.83. The Morgan fingerprint density at radius 3 is 2.44 bits per heavy atom. The maximum atomic E-state index is 9.15. The number of hydrogen-bond acceptors (Lipinski definition) is 2. The third-order valence-electron chi connectivity index (χ3n) is 1.05. The Labute approximate surface area is 57.1 Å². The molecule has 2 heteroatoms. The van der Waals surface area contributed by atoms with Gasteiger partial charge < -0.3 is 10.8 Å².